The number of benzene rings is 2. The van der Waals surface area contributed by atoms with Gasteiger partial charge >= 0.3 is 0 Å². The van der Waals surface area contributed by atoms with E-state index in [0.29, 0.717) is 28.7 Å². The van der Waals surface area contributed by atoms with E-state index in [2.05, 4.69) is 15.5 Å². The van der Waals surface area contributed by atoms with Gasteiger partial charge in [0.2, 0.25) is 11.1 Å². The summed E-state index contributed by atoms with van der Waals surface area (Å²) in [6, 6.07) is 16.4. The molecule has 28 heavy (non-hydrogen) atoms. The van der Waals surface area contributed by atoms with E-state index in [9.17, 15) is 4.79 Å². The molecular weight excluding hydrogens is 376 g/mol. The molecule has 0 saturated carbocycles. The lowest BCUT2D eigenvalue weighted by atomic mass is 10.1. The standard InChI is InChI=1S/C19H18N6O2S/c1-27-16-7-5-13(6-8-16)10-17-23-24-19(25(17)21)28-12-18(26)22-15-4-2-3-14(9-15)11-20/h2-9H,10,12,21H2,1H3,(H,22,26). The molecule has 3 rings (SSSR count). The van der Waals surface area contributed by atoms with Crippen LogP contribution in [-0.2, 0) is 11.2 Å². The molecule has 0 saturated heterocycles. The van der Waals surface area contributed by atoms with Gasteiger partial charge in [-0.15, -0.1) is 10.2 Å². The number of hydrogen-bond donors (Lipinski definition) is 2. The van der Waals surface area contributed by atoms with Crippen molar-refractivity contribution in [3.63, 3.8) is 0 Å². The fourth-order valence-electron chi connectivity index (χ4n) is 2.45. The zero-order chi connectivity index (χ0) is 19.9. The normalized spacial score (nSPS) is 10.3. The van der Waals surface area contributed by atoms with Crippen molar-refractivity contribution >= 4 is 23.4 Å². The van der Waals surface area contributed by atoms with Crippen molar-refractivity contribution in [3.05, 3.63) is 65.5 Å². The Morgan fingerprint density at radius 1 is 1.29 bits per heavy atom. The summed E-state index contributed by atoms with van der Waals surface area (Å²) in [7, 11) is 1.62. The van der Waals surface area contributed by atoms with Crippen LogP contribution in [0.4, 0.5) is 5.69 Å². The summed E-state index contributed by atoms with van der Waals surface area (Å²) in [5.74, 6) is 7.33. The number of thioether (sulfide) groups is 1. The highest BCUT2D eigenvalue weighted by molar-refractivity contribution is 7.99. The molecule has 9 heteroatoms. The molecule has 0 fully saturated rings. The van der Waals surface area contributed by atoms with Crippen LogP contribution in [0, 0.1) is 11.3 Å². The van der Waals surface area contributed by atoms with E-state index in [4.69, 9.17) is 15.8 Å². The minimum absolute atomic E-state index is 0.120. The zero-order valence-electron chi connectivity index (χ0n) is 15.1. The fraction of sp³-hybridized carbons (Fsp3) is 0.158. The minimum Gasteiger partial charge on any atom is -0.497 e. The number of rotatable bonds is 7. The monoisotopic (exact) mass is 394 g/mol. The van der Waals surface area contributed by atoms with Crippen LogP contribution >= 0.6 is 11.8 Å². The predicted molar refractivity (Wildman–Crippen MR) is 106 cm³/mol. The lowest BCUT2D eigenvalue weighted by molar-refractivity contribution is -0.113. The van der Waals surface area contributed by atoms with Crippen molar-refractivity contribution in [1.82, 2.24) is 14.9 Å². The molecule has 1 amide bonds. The van der Waals surface area contributed by atoms with Crippen LogP contribution in [-0.4, -0.2) is 33.6 Å². The lowest BCUT2D eigenvalue weighted by Crippen LogP contribution is -2.17. The maximum Gasteiger partial charge on any atom is 0.234 e. The lowest BCUT2D eigenvalue weighted by Gasteiger charge is -2.06. The number of carbonyl (C=O) groups excluding carboxylic acids is 1. The molecule has 0 unspecified atom stereocenters. The van der Waals surface area contributed by atoms with Gasteiger partial charge in [-0.05, 0) is 35.9 Å². The predicted octanol–water partition coefficient (Wildman–Crippen LogP) is 2.19. The molecule has 8 nitrogen and oxygen atoms in total. The third-order valence-corrected chi connectivity index (χ3v) is 4.81. The molecular formula is C19H18N6O2S. The Kier molecular flexibility index (Phi) is 6.14. The molecule has 0 bridgehead atoms. The Hall–Kier alpha value is -3.51. The van der Waals surface area contributed by atoms with Crippen LogP contribution in [0.25, 0.3) is 0 Å². The number of ether oxygens (including phenoxy) is 1. The molecule has 0 radical (unpaired) electrons. The number of aromatic nitrogens is 3. The Morgan fingerprint density at radius 3 is 2.79 bits per heavy atom. The summed E-state index contributed by atoms with van der Waals surface area (Å²) >= 11 is 1.19. The minimum atomic E-state index is -0.222. The number of methoxy groups -OCH3 is 1. The number of amides is 1. The summed E-state index contributed by atoms with van der Waals surface area (Å²) in [5, 5.41) is 20.3. The van der Waals surface area contributed by atoms with Gasteiger partial charge in [0.25, 0.3) is 0 Å². The molecule has 0 aliphatic carbocycles. The van der Waals surface area contributed by atoms with E-state index >= 15 is 0 Å². The van der Waals surface area contributed by atoms with Crippen molar-refractivity contribution in [2.45, 2.75) is 11.6 Å². The van der Waals surface area contributed by atoms with Crippen LogP contribution in [0.2, 0.25) is 0 Å². The van der Waals surface area contributed by atoms with Gasteiger partial charge < -0.3 is 15.9 Å². The van der Waals surface area contributed by atoms with E-state index in [1.165, 1.54) is 16.4 Å². The number of nitriles is 1. The number of nitrogens with one attached hydrogen (secondary N) is 1. The molecule has 3 aromatic rings. The number of nitrogen functional groups attached to an aromatic ring is 1. The highest BCUT2D eigenvalue weighted by atomic mass is 32.2. The Balaban J connectivity index is 1.57. The Morgan fingerprint density at radius 2 is 2.07 bits per heavy atom. The molecule has 0 aliphatic rings. The van der Waals surface area contributed by atoms with Gasteiger partial charge in [0, 0.05) is 12.1 Å². The van der Waals surface area contributed by atoms with Crippen molar-refractivity contribution in [2.75, 3.05) is 24.0 Å². The third kappa shape index (κ3) is 4.81. The number of nitrogens with zero attached hydrogens (tertiary/aromatic N) is 4. The summed E-state index contributed by atoms with van der Waals surface area (Å²) in [6.45, 7) is 0. The Bertz CT molecular complexity index is 1010. The number of carbonyl (C=O) groups is 1. The fourth-order valence-corrected chi connectivity index (χ4v) is 3.12. The van der Waals surface area contributed by atoms with E-state index in [1.54, 1.807) is 31.4 Å². The molecule has 3 N–H and O–H groups in total. The number of nitrogens with two attached hydrogens (primary N) is 1. The largest absolute Gasteiger partial charge is 0.497 e. The molecule has 2 aromatic carbocycles. The van der Waals surface area contributed by atoms with Gasteiger partial charge in [-0.3, -0.25) is 4.79 Å². The highest BCUT2D eigenvalue weighted by Crippen LogP contribution is 2.18. The van der Waals surface area contributed by atoms with Crippen LogP contribution in [0.3, 0.4) is 0 Å². The first-order valence-corrected chi connectivity index (χ1v) is 9.32. The van der Waals surface area contributed by atoms with Gasteiger partial charge in [-0.1, -0.05) is 30.0 Å². The SMILES string of the molecule is COc1ccc(Cc2nnc(SCC(=O)Nc3cccc(C#N)c3)n2N)cc1. The van der Waals surface area contributed by atoms with Crippen molar-refractivity contribution in [3.8, 4) is 11.8 Å². The van der Waals surface area contributed by atoms with Crippen molar-refractivity contribution in [1.29, 1.82) is 5.26 Å². The van der Waals surface area contributed by atoms with Gasteiger partial charge in [0.1, 0.15) is 5.75 Å². The van der Waals surface area contributed by atoms with E-state index in [0.717, 1.165) is 11.3 Å². The van der Waals surface area contributed by atoms with Crippen molar-refractivity contribution in [2.24, 2.45) is 0 Å². The summed E-state index contributed by atoms with van der Waals surface area (Å²) in [5.41, 5.74) is 2.07. The summed E-state index contributed by atoms with van der Waals surface area (Å²) < 4.78 is 6.53. The van der Waals surface area contributed by atoms with E-state index in [-0.39, 0.29) is 11.7 Å². The highest BCUT2D eigenvalue weighted by Gasteiger charge is 2.13. The average Bonchev–Trinajstić information content (AvgIpc) is 3.06. The maximum absolute atomic E-state index is 12.1. The first-order valence-electron chi connectivity index (χ1n) is 8.34. The molecule has 1 aromatic heterocycles. The maximum atomic E-state index is 12.1. The van der Waals surface area contributed by atoms with Crippen LogP contribution in [0.1, 0.15) is 17.0 Å². The van der Waals surface area contributed by atoms with Crippen LogP contribution in [0.5, 0.6) is 5.75 Å². The summed E-state index contributed by atoms with van der Waals surface area (Å²) in [4.78, 5) is 12.1. The quantitative estimate of drug-likeness (QED) is 0.466. The topological polar surface area (TPSA) is 119 Å². The molecule has 0 atom stereocenters. The second kappa shape index (κ2) is 8.92. The van der Waals surface area contributed by atoms with Crippen LogP contribution < -0.4 is 15.9 Å². The van der Waals surface area contributed by atoms with Gasteiger partial charge in [0.05, 0.1) is 24.5 Å². The second-order valence-corrected chi connectivity index (χ2v) is 6.77. The van der Waals surface area contributed by atoms with E-state index < -0.39 is 0 Å². The molecule has 142 valence electrons. The average molecular weight is 394 g/mol. The van der Waals surface area contributed by atoms with Gasteiger partial charge in [0.15, 0.2) is 5.82 Å². The molecule has 1 heterocycles. The van der Waals surface area contributed by atoms with Crippen molar-refractivity contribution < 1.29 is 9.53 Å². The second-order valence-electron chi connectivity index (χ2n) is 5.82. The van der Waals surface area contributed by atoms with Gasteiger partial charge in [-0.2, -0.15) is 5.26 Å². The molecule has 0 aliphatic heterocycles. The Labute approximate surface area is 166 Å². The first kappa shape index (κ1) is 19.3. The van der Waals surface area contributed by atoms with Crippen LogP contribution in [0.15, 0.2) is 53.7 Å². The smallest absolute Gasteiger partial charge is 0.234 e. The summed E-state index contributed by atoms with van der Waals surface area (Å²) in [6.07, 6.45) is 0.515. The first-order chi connectivity index (χ1) is 13.6. The number of anilines is 1. The molecule has 0 spiro atoms. The third-order valence-electron chi connectivity index (χ3n) is 3.86. The zero-order valence-corrected chi connectivity index (χ0v) is 15.9. The number of hydrogen-bond acceptors (Lipinski definition) is 7. The van der Waals surface area contributed by atoms with Gasteiger partial charge in [-0.25, -0.2) is 4.68 Å². The van der Waals surface area contributed by atoms with E-state index in [1.807, 2.05) is 30.3 Å².